The molecule has 0 fully saturated rings. The summed E-state index contributed by atoms with van der Waals surface area (Å²) in [6, 6.07) is 12.3. The summed E-state index contributed by atoms with van der Waals surface area (Å²) in [7, 11) is 0. The van der Waals surface area contributed by atoms with Crippen molar-refractivity contribution >= 4 is 11.3 Å². The molecule has 0 radical (unpaired) electrons. The van der Waals surface area contributed by atoms with Gasteiger partial charge in [-0.3, -0.25) is 4.98 Å². The lowest BCUT2D eigenvalue weighted by atomic mass is 10.1. The molecule has 0 amide bonds. The van der Waals surface area contributed by atoms with Crippen LogP contribution in [0.5, 0.6) is 0 Å². The lowest BCUT2D eigenvalue weighted by molar-refractivity contribution is 0.986. The van der Waals surface area contributed by atoms with Crippen LogP contribution in [0.3, 0.4) is 0 Å². The van der Waals surface area contributed by atoms with Crippen molar-refractivity contribution in [3.8, 4) is 21.8 Å². The van der Waals surface area contributed by atoms with Gasteiger partial charge in [-0.2, -0.15) is 0 Å². The number of aryl methyl sites for hydroxylation is 1. The van der Waals surface area contributed by atoms with Gasteiger partial charge in [0.05, 0.1) is 5.69 Å². The van der Waals surface area contributed by atoms with Crippen LogP contribution in [0.15, 0.2) is 48.8 Å². The first-order valence-electron chi connectivity index (χ1n) is 6.96. The fourth-order valence-corrected chi connectivity index (χ4v) is 3.45. The summed E-state index contributed by atoms with van der Waals surface area (Å²) in [4.78, 5) is 10.3. The number of nitrogens with zero attached hydrogens (tertiary/aromatic N) is 2. The van der Waals surface area contributed by atoms with E-state index in [0.717, 1.165) is 28.2 Å². The molecule has 1 aromatic carbocycles. The Bertz CT molecular complexity index is 735. The molecule has 4 heteroatoms. The quantitative estimate of drug-likeness (QED) is 0.798. The number of benzene rings is 1. The predicted molar refractivity (Wildman–Crippen MR) is 88.3 cm³/mol. The highest BCUT2D eigenvalue weighted by Crippen LogP contribution is 2.34. The molecular weight excluding hydrogens is 278 g/mol. The highest BCUT2D eigenvalue weighted by molar-refractivity contribution is 7.15. The Morgan fingerprint density at radius 2 is 1.95 bits per heavy atom. The molecule has 3 rings (SSSR count). The molecule has 2 heterocycles. The molecule has 106 valence electrons. The molecule has 3 aromatic rings. The normalized spacial score (nSPS) is 10.8. The minimum atomic E-state index is 0.632. The summed E-state index contributed by atoms with van der Waals surface area (Å²) < 4.78 is 0. The maximum Gasteiger partial charge on any atom is 0.126 e. The monoisotopic (exact) mass is 295 g/mol. The van der Waals surface area contributed by atoms with Crippen molar-refractivity contribution in [3.05, 3.63) is 59.2 Å². The van der Waals surface area contributed by atoms with E-state index in [0.29, 0.717) is 6.54 Å². The van der Waals surface area contributed by atoms with Crippen molar-refractivity contribution < 1.29 is 0 Å². The van der Waals surface area contributed by atoms with Crippen molar-refractivity contribution in [1.82, 2.24) is 9.97 Å². The summed E-state index contributed by atoms with van der Waals surface area (Å²) in [5, 5.41) is 1.02. The van der Waals surface area contributed by atoms with Crippen LogP contribution in [0.1, 0.15) is 10.4 Å². The van der Waals surface area contributed by atoms with E-state index in [1.165, 1.54) is 10.4 Å². The number of hydrogen-bond donors (Lipinski definition) is 1. The van der Waals surface area contributed by atoms with Crippen LogP contribution >= 0.6 is 11.3 Å². The fraction of sp³-hybridized carbons (Fsp3) is 0.176. The third kappa shape index (κ3) is 2.86. The summed E-state index contributed by atoms with van der Waals surface area (Å²) in [6.45, 7) is 2.72. The van der Waals surface area contributed by atoms with E-state index >= 15 is 0 Å². The van der Waals surface area contributed by atoms with Crippen molar-refractivity contribution in [2.24, 2.45) is 5.73 Å². The maximum atomic E-state index is 5.75. The van der Waals surface area contributed by atoms with Gasteiger partial charge in [-0.1, -0.05) is 30.3 Å². The molecule has 0 unspecified atom stereocenters. The van der Waals surface area contributed by atoms with Crippen molar-refractivity contribution in [2.45, 2.75) is 13.3 Å². The molecule has 2 aromatic heterocycles. The molecule has 0 aliphatic rings. The van der Waals surface area contributed by atoms with Crippen LogP contribution < -0.4 is 5.73 Å². The number of nitrogens with two attached hydrogens (primary N) is 1. The molecule has 21 heavy (non-hydrogen) atoms. The molecule has 0 spiro atoms. The van der Waals surface area contributed by atoms with Gasteiger partial charge in [-0.25, -0.2) is 4.98 Å². The third-order valence-corrected chi connectivity index (χ3v) is 4.53. The highest BCUT2D eigenvalue weighted by atomic mass is 32.1. The van der Waals surface area contributed by atoms with Crippen LogP contribution in [0.2, 0.25) is 0 Å². The number of rotatable bonds is 4. The van der Waals surface area contributed by atoms with Crippen LogP contribution in [0.25, 0.3) is 21.8 Å². The molecule has 0 bridgehead atoms. The molecule has 3 nitrogen and oxygen atoms in total. The van der Waals surface area contributed by atoms with E-state index < -0.39 is 0 Å². The molecule has 0 atom stereocenters. The van der Waals surface area contributed by atoms with E-state index in [-0.39, 0.29) is 0 Å². The van der Waals surface area contributed by atoms with Crippen molar-refractivity contribution in [3.63, 3.8) is 0 Å². The Morgan fingerprint density at radius 3 is 2.67 bits per heavy atom. The zero-order chi connectivity index (χ0) is 14.7. The van der Waals surface area contributed by atoms with Gasteiger partial charge in [0.2, 0.25) is 0 Å². The number of pyridine rings is 1. The van der Waals surface area contributed by atoms with E-state index in [4.69, 9.17) is 10.7 Å². The number of aromatic nitrogens is 2. The lowest BCUT2D eigenvalue weighted by Crippen LogP contribution is -2.02. The SMILES string of the molecule is Cc1ccncc1-c1nc(-c2ccccc2)c(CCN)s1. The Balaban J connectivity index is 2.11. The largest absolute Gasteiger partial charge is 0.330 e. The minimum Gasteiger partial charge on any atom is -0.330 e. The third-order valence-electron chi connectivity index (χ3n) is 3.39. The first-order valence-corrected chi connectivity index (χ1v) is 7.77. The summed E-state index contributed by atoms with van der Waals surface area (Å²) >= 11 is 1.72. The van der Waals surface area contributed by atoms with Crippen LogP contribution in [0, 0.1) is 6.92 Å². The van der Waals surface area contributed by atoms with Crippen molar-refractivity contribution in [2.75, 3.05) is 6.54 Å². The highest BCUT2D eigenvalue weighted by Gasteiger charge is 2.14. The van der Waals surface area contributed by atoms with Gasteiger partial charge in [-0.05, 0) is 31.5 Å². The second-order valence-electron chi connectivity index (χ2n) is 4.89. The minimum absolute atomic E-state index is 0.632. The second-order valence-corrected chi connectivity index (χ2v) is 5.97. The van der Waals surface area contributed by atoms with E-state index in [1.54, 1.807) is 11.3 Å². The van der Waals surface area contributed by atoms with Crippen LogP contribution in [-0.2, 0) is 6.42 Å². The molecular formula is C17H17N3S. The number of thiazole rings is 1. The summed E-state index contributed by atoms with van der Waals surface area (Å²) in [6.07, 6.45) is 4.54. The average Bonchev–Trinajstić information content (AvgIpc) is 2.93. The Labute approximate surface area is 128 Å². The summed E-state index contributed by atoms with van der Waals surface area (Å²) in [5.41, 5.74) is 10.2. The van der Waals surface area contributed by atoms with Crippen LogP contribution in [0.4, 0.5) is 0 Å². The maximum absolute atomic E-state index is 5.75. The van der Waals surface area contributed by atoms with Crippen LogP contribution in [-0.4, -0.2) is 16.5 Å². The van der Waals surface area contributed by atoms with Gasteiger partial charge in [-0.15, -0.1) is 11.3 Å². The van der Waals surface area contributed by atoms with E-state index in [9.17, 15) is 0 Å². The molecule has 0 aliphatic carbocycles. The van der Waals surface area contributed by atoms with Gasteiger partial charge in [0, 0.05) is 28.4 Å². The number of hydrogen-bond acceptors (Lipinski definition) is 4. The lowest BCUT2D eigenvalue weighted by Gasteiger charge is -2.00. The first kappa shape index (κ1) is 13.9. The zero-order valence-corrected chi connectivity index (χ0v) is 12.7. The Kier molecular flexibility index (Phi) is 4.08. The Hall–Kier alpha value is -2.04. The van der Waals surface area contributed by atoms with E-state index in [2.05, 4.69) is 24.0 Å². The standard InChI is InChI=1S/C17H17N3S/c1-12-8-10-19-11-14(12)17-20-16(15(21-17)7-9-18)13-5-3-2-4-6-13/h2-6,8,10-11H,7,9,18H2,1H3. The Morgan fingerprint density at radius 1 is 1.14 bits per heavy atom. The molecule has 0 saturated carbocycles. The summed E-state index contributed by atoms with van der Waals surface area (Å²) in [5.74, 6) is 0. The van der Waals surface area contributed by atoms with Gasteiger partial charge < -0.3 is 5.73 Å². The van der Waals surface area contributed by atoms with Gasteiger partial charge in [0.1, 0.15) is 5.01 Å². The van der Waals surface area contributed by atoms with Gasteiger partial charge in [0.25, 0.3) is 0 Å². The van der Waals surface area contributed by atoms with Crippen molar-refractivity contribution in [1.29, 1.82) is 0 Å². The fourth-order valence-electron chi connectivity index (χ4n) is 2.28. The zero-order valence-electron chi connectivity index (χ0n) is 11.9. The molecule has 0 aliphatic heterocycles. The molecule has 2 N–H and O–H groups in total. The van der Waals surface area contributed by atoms with E-state index in [1.807, 2.05) is 36.7 Å². The smallest absolute Gasteiger partial charge is 0.126 e. The first-order chi connectivity index (χ1) is 10.3. The van der Waals surface area contributed by atoms with Gasteiger partial charge >= 0.3 is 0 Å². The second kappa shape index (κ2) is 6.16. The molecule has 0 saturated heterocycles. The van der Waals surface area contributed by atoms with Gasteiger partial charge in [0.15, 0.2) is 0 Å². The topological polar surface area (TPSA) is 51.8 Å². The predicted octanol–water partition coefficient (Wildman–Crippen LogP) is 3.68. The average molecular weight is 295 g/mol.